The molecule has 4 N–H and O–H groups in total. The van der Waals surface area contributed by atoms with Crippen molar-refractivity contribution in [3.8, 4) is 6.07 Å². The number of hydrogen-bond donors (Lipinski definition) is 3. The summed E-state index contributed by atoms with van der Waals surface area (Å²) in [5.41, 5.74) is 10.7. The lowest BCUT2D eigenvalue weighted by Gasteiger charge is -2.18. The Balaban J connectivity index is 2.01. The van der Waals surface area contributed by atoms with Crippen molar-refractivity contribution in [1.29, 1.82) is 10.7 Å². The Kier molecular flexibility index (Phi) is 4.94. The van der Waals surface area contributed by atoms with Gasteiger partial charge in [0.1, 0.15) is 6.07 Å². The first-order valence-corrected chi connectivity index (χ1v) is 6.86. The molecule has 8 nitrogen and oxygen atoms in total. The molecule has 2 rings (SSSR count). The van der Waals surface area contributed by atoms with Gasteiger partial charge in [-0.05, 0) is 24.3 Å². The van der Waals surface area contributed by atoms with E-state index in [-0.39, 0.29) is 11.5 Å². The molecule has 1 aromatic carbocycles. The Hall–Kier alpha value is -3.34. The molecule has 8 heteroatoms. The molecule has 118 valence electrons. The van der Waals surface area contributed by atoms with E-state index in [0.717, 1.165) is 17.8 Å². The number of amidine groups is 1. The van der Waals surface area contributed by atoms with E-state index in [1.54, 1.807) is 10.8 Å². The largest absolute Gasteiger partial charge is 0.382 e. The first-order chi connectivity index (χ1) is 11.0. The van der Waals surface area contributed by atoms with Gasteiger partial charge in [-0.2, -0.15) is 15.5 Å². The molecule has 0 spiro atoms. The Morgan fingerprint density at radius 2 is 2.17 bits per heavy atom. The molecular formula is C15H18N8. The second-order valence-electron chi connectivity index (χ2n) is 5.02. The normalized spacial score (nSPS) is 10.9. The van der Waals surface area contributed by atoms with Gasteiger partial charge in [0.05, 0.1) is 11.9 Å². The molecule has 0 saturated carbocycles. The van der Waals surface area contributed by atoms with Crippen molar-refractivity contribution in [3.63, 3.8) is 0 Å². The molecule has 0 fully saturated rings. The zero-order valence-corrected chi connectivity index (χ0v) is 13.0. The van der Waals surface area contributed by atoms with Gasteiger partial charge in [0.25, 0.3) is 0 Å². The molecule has 0 saturated heterocycles. The molecular weight excluding hydrogens is 292 g/mol. The van der Waals surface area contributed by atoms with Crippen molar-refractivity contribution in [2.75, 3.05) is 17.4 Å². The maximum absolute atomic E-state index is 8.78. The molecule has 0 aliphatic heterocycles. The molecule has 0 aliphatic carbocycles. The number of benzene rings is 1. The number of nitrogens with two attached hydrogens (primary N) is 1. The van der Waals surface area contributed by atoms with E-state index >= 15 is 0 Å². The monoisotopic (exact) mass is 310 g/mol. The van der Waals surface area contributed by atoms with Crippen LogP contribution in [0.5, 0.6) is 0 Å². The lowest BCUT2D eigenvalue weighted by molar-refractivity contribution is 0.766. The van der Waals surface area contributed by atoms with Gasteiger partial charge in [-0.15, -0.1) is 0 Å². The summed E-state index contributed by atoms with van der Waals surface area (Å²) >= 11 is 0. The molecule has 0 unspecified atom stereocenters. The molecule has 1 aromatic heterocycles. The fourth-order valence-electron chi connectivity index (χ4n) is 1.98. The molecule has 0 atom stereocenters. The van der Waals surface area contributed by atoms with Gasteiger partial charge in [0.15, 0.2) is 5.84 Å². The van der Waals surface area contributed by atoms with Crippen LogP contribution in [-0.4, -0.2) is 28.4 Å². The summed E-state index contributed by atoms with van der Waals surface area (Å²) in [7, 11) is 3.89. The van der Waals surface area contributed by atoms with Gasteiger partial charge < -0.3 is 10.6 Å². The van der Waals surface area contributed by atoms with Crippen LogP contribution in [-0.2, 0) is 13.6 Å². The number of nitrogens with zero attached hydrogens (tertiary/aromatic N) is 5. The van der Waals surface area contributed by atoms with Crippen LogP contribution >= 0.6 is 0 Å². The highest BCUT2D eigenvalue weighted by atomic mass is 15.3. The first kappa shape index (κ1) is 16.0. The Labute approximate surface area is 134 Å². The Morgan fingerprint density at radius 1 is 1.48 bits per heavy atom. The molecule has 0 bridgehead atoms. The number of hydrogen-bond acceptors (Lipinski definition) is 6. The van der Waals surface area contributed by atoms with Crippen LogP contribution in [0.2, 0.25) is 0 Å². The third kappa shape index (κ3) is 4.31. The summed E-state index contributed by atoms with van der Waals surface area (Å²) in [6.45, 7) is 0.752. The van der Waals surface area contributed by atoms with Crippen LogP contribution in [0.4, 0.5) is 11.4 Å². The predicted octanol–water partition coefficient (Wildman–Crippen LogP) is 1.28. The molecule has 1 heterocycles. The number of aromatic nitrogens is 2. The summed E-state index contributed by atoms with van der Waals surface area (Å²) in [5, 5.41) is 23.9. The Bertz CT molecular complexity index is 751. The van der Waals surface area contributed by atoms with Crippen LogP contribution in [0.25, 0.3) is 0 Å². The summed E-state index contributed by atoms with van der Waals surface area (Å²) in [6, 6.07) is 9.31. The molecule has 0 amide bonds. The van der Waals surface area contributed by atoms with Crippen molar-refractivity contribution in [1.82, 2.24) is 9.78 Å². The van der Waals surface area contributed by atoms with Crippen molar-refractivity contribution in [2.24, 2.45) is 17.9 Å². The quantitative estimate of drug-likeness (QED) is 0.422. The predicted molar refractivity (Wildman–Crippen MR) is 90.3 cm³/mol. The van der Waals surface area contributed by atoms with E-state index in [1.807, 2.05) is 50.8 Å². The Morgan fingerprint density at radius 3 is 2.70 bits per heavy atom. The number of aryl methyl sites for hydroxylation is 1. The highest BCUT2D eigenvalue weighted by molar-refractivity contribution is 6.45. The van der Waals surface area contributed by atoms with Crippen LogP contribution in [0.3, 0.4) is 0 Å². The maximum atomic E-state index is 8.78. The van der Waals surface area contributed by atoms with Crippen LogP contribution in [0.15, 0.2) is 41.8 Å². The molecule has 23 heavy (non-hydrogen) atoms. The third-order valence-corrected chi connectivity index (χ3v) is 3.14. The maximum Gasteiger partial charge on any atom is 0.201 e. The number of nitrogens with one attached hydrogen (secondary N) is 2. The first-order valence-electron chi connectivity index (χ1n) is 6.86. The van der Waals surface area contributed by atoms with Crippen molar-refractivity contribution >= 4 is 22.9 Å². The lowest BCUT2D eigenvalue weighted by Crippen LogP contribution is -2.21. The minimum atomic E-state index is -0.368. The zero-order chi connectivity index (χ0) is 16.8. The summed E-state index contributed by atoms with van der Waals surface area (Å²) in [6.07, 6.45) is 3.82. The minimum absolute atomic E-state index is 0.150. The van der Waals surface area contributed by atoms with E-state index < -0.39 is 0 Å². The number of hydrazone groups is 1. The van der Waals surface area contributed by atoms with E-state index in [4.69, 9.17) is 16.4 Å². The van der Waals surface area contributed by atoms with E-state index in [0.29, 0.717) is 5.69 Å². The molecule has 2 aromatic rings. The fourth-order valence-corrected chi connectivity index (χ4v) is 1.98. The van der Waals surface area contributed by atoms with Crippen molar-refractivity contribution in [2.45, 2.75) is 6.54 Å². The van der Waals surface area contributed by atoms with Gasteiger partial charge >= 0.3 is 0 Å². The fraction of sp³-hybridized carbons (Fsp3) is 0.200. The van der Waals surface area contributed by atoms with Crippen LogP contribution in [0, 0.1) is 16.7 Å². The summed E-state index contributed by atoms with van der Waals surface area (Å²) in [5.74, 6) is -0.368. The van der Waals surface area contributed by atoms with E-state index in [2.05, 4.69) is 20.5 Å². The highest BCUT2D eigenvalue weighted by Gasteiger charge is 2.05. The van der Waals surface area contributed by atoms with Crippen LogP contribution < -0.4 is 16.1 Å². The van der Waals surface area contributed by atoms with Crippen LogP contribution in [0.1, 0.15) is 5.56 Å². The van der Waals surface area contributed by atoms with Gasteiger partial charge in [-0.3, -0.25) is 15.5 Å². The smallest absolute Gasteiger partial charge is 0.201 e. The third-order valence-electron chi connectivity index (χ3n) is 3.14. The lowest BCUT2D eigenvalue weighted by atomic mass is 10.2. The standard InChI is InChI=1S/C15H18N8/c1-22(9-11-8-19-23(2)10-11)13-5-3-12(4-6-13)20-21-14(7-16)15(17)18/h3-6,8,10,20H,9H2,1-2H3,(H3,17,18)/b21-14+. The molecule has 0 radical (unpaired) electrons. The van der Waals surface area contributed by atoms with Crippen molar-refractivity contribution < 1.29 is 0 Å². The van der Waals surface area contributed by atoms with E-state index in [1.165, 1.54) is 0 Å². The van der Waals surface area contributed by atoms with Crippen molar-refractivity contribution in [3.05, 3.63) is 42.2 Å². The van der Waals surface area contributed by atoms with Gasteiger partial charge in [-0.25, -0.2) is 0 Å². The highest BCUT2D eigenvalue weighted by Crippen LogP contribution is 2.18. The summed E-state index contributed by atoms with van der Waals surface area (Å²) in [4.78, 5) is 2.10. The zero-order valence-electron chi connectivity index (χ0n) is 13.0. The van der Waals surface area contributed by atoms with Gasteiger partial charge in [-0.1, -0.05) is 0 Å². The van der Waals surface area contributed by atoms with E-state index in [9.17, 15) is 0 Å². The number of anilines is 2. The summed E-state index contributed by atoms with van der Waals surface area (Å²) < 4.78 is 1.77. The SMILES string of the molecule is CN(Cc1cnn(C)c1)c1ccc(N/N=C(\C#N)C(=N)N)cc1. The second-order valence-corrected chi connectivity index (χ2v) is 5.02. The van der Waals surface area contributed by atoms with Gasteiger partial charge in [0, 0.05) is 38.1 Å². The average molecular weight is 310 g/mol. The molecule has 0 aliphatic rings. The average Bonchev–Trinajstić information content (AvgIpc) is 2.93. The second kappa shape index (κ2) is 7.09. The number of rotatable bonds is 6. The minimum Gasteiger partial charge on any atom is -0.382 e. The topological polar surface area (TPSA) is 119 Å². The number of nitriles is 1. The van der Waals surface area contributed by atoms with Gasteiger partial charge in [0.2, 0.25) is 5.71 Å².